The number of methoxy groups -OCH3 is 1. The number of hydrogen-bond acceptors (Lipinski definition) is 5. The van der Waals surface area contributed by atoms with E-state index in [0.717, 1.165) is 12.1 Å². The summed E-state index contributed by atoms with van der Waals surface area (Å²) in [7, 11) is 3.18. The van der Waals surface area contributed by atoms with Crippen LogP contribution in [0.4, 0.5) is 14.7 Å². The van der Waals surface area contributed by atoms with E-state index in [4.69, 9.17) is 4.74 Å². The lowest BCUT2D eigenvalue weighted by molar-refractivity contribution is 0.156. The molecule has 7 heteroatoms. The highest BCUT2D eigenvalue weighted by molar-refractivity contribution is 5.28. The molecule has 0 saturated heterocycles. The van der Waals surface area contributed by atoms with Gasteiger partial charge in [0.05, 0.1) is 13.2 Å². The highest BCUT2D eigenvalue weighted by atomic mass is 19.3. The molecule has 0 atom stereocenters. The Kier molecular flexibility index (Phi) is 6.45. The van der Waals surface area contributed by atoms with Gasteiger partial charge in [-0.25, -0.2) is 18.7 Å². The summed E-state index contributed by atoms with van der Waals surface area (Å²) in [5.74, 6) is 0.302. The second kappa shape index (κ2) is 7.88. The molecule has 1 rings (SSSR count). The number of hydrogen-bond donors (Lipinski definition) is 1. The minimum atomic E-state index is -2.39. The highest BCUT2D eigenvalue weighted by Gasteiger charge is 2.10. The molecule has 0 saturated carbocycles. The summed E-state index contributed by atoms with van der Waals surface area (Å²) in [5.41, 5.74) is 0.903. The van der Waals surface area contributed by atoms with Crippen molar-refractivity contribution in [1.29, 1.82) is 0 Å². The fraction of sp³-hybridized carbons (Fsp3) is 0.636. The van der Waals surface area contributed by atoms with Crippen molar-refractivity contribution in [2.45, 2.75) is 13.0 Å². The van der Waals surface area contributed by atoms with Crippen molar-refractivity contribution in [3.05, 3.63) is 18.0 Å². The van der Waals surface area contributed by atoms with Crippen LogP contribution in [0.15, 0.2) is 12.4 Å². The van der Waals surface area contributed by atoms with Gasteiger partial charge < -0.3 is 15.0 Å². The first-order chi connectivity index (χ1) is 8.63. The minimum Gasteiger partial charge on any atom is -0.383 e. The first kappa shape index (κ1) is 14.7. The monoisotopic (exact) mass is 260 g/mol. The van der Waals surface area contributed by atoms with Crippen LogP contribution in [0, 0.1) is 0 Å². The van der Waals surface area contributed by atoms with Crippen molar-refractivity contribution in [3.8, 4) is 0 Å². The summed E-state index contributed by atoms with van der Waals surface area (Å²) in [6.07, 6.45) is 0.864. The standard InChI is InChI=1S/C11H18F2N4O/c1-17(8-10(12)13)11-15-6-9(7-16-11)5-14-3-4-18-2/h6-7,10,14H,3-5,8H2,1-2H3. The van der Waals surface area contributed by atoms with Gasteiger partial charge >= 0.3 is 0 Å². The Labute approximate surface area is 105 Å². The predicted molar refractivity (Wildman–Crippen MR) is 64.9 cm³/mol. The van der Waals surface area contributed by atoms with Crippen molar-refractivity contribution in [1.82, 2.24) is 15.3 Å². The quantitative estimate of drug-likeness (QED) is 0.704. The maximum absolute atomic E-state index is 12.2. The first-order valence-electron chi connectivity index (χ1n) is 5.63. The van der Waals surface area contributed by atoms with Gasteiger partial charge in [0.1, 0.15) is 0 Å². The van der Waals surface area contributed by atoms with Crippen molar-refractivity contribution in [3.63, 3.8) is 0 Å². The molecule has 0 aliphatic heterocycles. The average Bonchev–Trinajstić information content (AvgIpc) is 2.34. The molecule has 0 bridgehead atoms. The zero-order valence-corrected chi connectivity index (χ0v) is 10.6. The van der Waals surface area contributed by atoms with E-state index in [2.05, 4.69) is 15.3 Å². The lowest BCUT2D eigenvalue weighted by Crippen LogP contribution is -2.26. The molecule has 0 amide bonds. The molecule has 1 aromatic rings. The van der Waals surface area contributed by atoms with Crippen LogP contribution in [0.5, 0.6) is 0 Å². The van der Waals surface area contributed by atoms with Crippen LogP contribution in [0.3, 0.4) is 0 Å². The summed E-state index contributed by atoms with van der Waals surface area (Å²) < 4.78 is 29.2. The lowest BCUT2D eigenvalue weighted by Gasteiger charge is -2.16. The molecule has 0 spiro atoms. The zero-order chi connectivity index (χ0) is 13.4. The van der Waals surface area contributed by atoms with E-state index in [1.54, 1.807) is 19.5 Å². The lowest BCUT2D eigenvalue weighted by atomic mass is 10.3. The molecule has 0 aromatic carbocycles. The molecule has 0 unspecified atom stereocenters. The molecule has 18 heavy (non-hydrogen) atoms. The number of anilines is 1. The van der Waals surface area contributed by atoms with Crippen molar-refractivity contribution < 1.29 is 13.5 Å². The number of halogens is 2. The molecule has 102 valence electrons. The van der Waals surface area contributed by atoms with Gasteiger partial charge in [0, 0.05) is 45.2 Å². The third-order valence-corrected chi connectivity index (χ3v) is 2.26. The van der Waals surface area contributed by atoms with Gasteiger partial charge in [-0.2, -0.15) is 0 Å². The van der Waals surface area contributed by atoms with Crippen LogP contribution in [-0.4, -0.2) is 50.2 Å². The smallest absolute Gasteiger partial charge is 0.255 e. The number of ether oxygens (including phenoxy) is 1. The topological polar surface area (TPSA) is 50.3 Å². The molecule has 1 aromatic heterocycles. The maximum Gasteiger partial charge on any atom is 0.255 e. The van der Waals surface area contributed by atoms with Gasteiger partial charge in [-0.3, -0.25) is 0 Å². The zero-order valence-electron chi connectivity index (χ0n) is 10.6. The normalized spacial score (nSPS) is 10.9. The number of nitrogens with one attached hydrogen (secondary N) is 1. The molecule has 0 radical (unpaired) electrons. The van der Waals surface area contributed by atoms with E-state index >= 15 is 0 Å². The SMILES string of the molecule is COCCNCc1cnc(N(C)CC(F)F)nc1. The highest BCUT2D eigenvalue weighted by Crippen LogP contribution is 2.07. The Hall–Kier alpha value is -1.34. The molecule has 5 nitrogen and oxygen atoms in total. The van der Waals surface area contributed by atoms with Crippen LogP contribution in [0.2, 0.25) is 0 Å². The largest absolute Gasteiger partial charge is 0.383 e. The van der Waals surface area contributed by atoms with Gasteiger partial charge in [-0.15, -0.1) is 0 Å². The second-order valence-corrected chi connectivity index (χ2v) is 3.83. The maximum atomic E-state index is 12.2. The van der Waals surface area contributed by atoms with Crippen molar-refractivity contribution >= 4 is 5.95 Å². The number of rotatable bonds is 8. The predicted octanol–water partition coefficient (Wildman–Crippen LogP) is 0.914. The summed E-state index contributed by atoms with van der Waals surface area (Å²) in [4.78, 5) is 9.41. The van der Waals surface area contributed by atoms with E-state index in [1.807, 2.05) is 0 Å². The van der Waals surface area contributed by atoms with Crippen LogP contribution in [-0.2, 0) is 11.3 Å². The van der Waals surface area contributed by atoms with Crippen molar-refractivity contribution in [2.24, 2.45) is 0 Å². The Morgan fingerprint density at radius 3 is 2.61 bits per heavy atom. The van der Waals surface area contributed by atoms with Gasteiger partial charge in [-0.1, -0.05) is 0 Å². The molecule has 1 heterocycles. The molecule has 1 N–H and O–H groups in total. The molecular weight excluding hydrogens is 242 g/mol. The summed E-state index contributed by atoms with van der Waals surface area (Å²) in [6.45, 7) is 1.63. The van der Waals surface area contributed by atoms with Gasteiger partial charge in [0.15, 0.2) is 0 Å². The number of nitrogens with zero attached hydrogens (tertiary/aromatic N) is 3. The van der Waals surface area contributed by atoms with E-state index in [1.165, 1.54) is 11.9 Å². The third kappa shape index (κ3) is 5.33. The van der Waals surface area contributed by atoms with Gasteiger partial charge in [0.25, 0.3) is 6.43 Å². The molecule has 0 fully saturated rings. The van der Waals surface area contributed by atoms with Gasteiger partial charge in [-0.05, 0) is 0 Å². The average molecular weight is 260 g/mol. The Morgan fingerprint density at radius 1 is 1.39 bits per heavy atom. The van der Waals surface area contributed by atoms with Crippen LogP contribution in [0.25, 0.3) is 0 Å². The second-order valence-electron chi connectivity index (χ2n) is 3.83. The fourth-order valence-electron chi connectivity index (χ4n) is 1.33. The van der Waals surface area contributed by atoms with E-state index < -0.39 is 6.43 Å². The van der Waals surface area contributed by atoms with Crippen LogP contribution >= 0.6 is 0 Å². The van der Waals surface area contributed by atoms with Gasteiger partial charge in [0.2, 0.25) is 5.95 Å². The first-order valence-corrected chi connectivity index (χ1v) is 5.63. The Balaban J connectivity index is 2.42. The number of aromatic nitrogens is 2. The van der Waals surface area contributed by atoms with E-state index in [-0.39, 0.29) is 6.54 Å². The third-order valence-electron chi connectivity index (χ3n) is 2.26. The van der Waals surface area contributed by atoms with E-state index in [9.17, 15) is 8.78 Å². The summed E-state index contributed by atoms with van der Waals surface area (Å²) in [5, 5.41) is 3.14. The summed E-state index contributed by atoms with van der Waals surface area (Å²) in [6, 6.07) is 0. The van der Waals surface area contributed by atoms with E-state index in [0.29, 0.717) is 19.1 Å². The molecule has 0 aliphatic rings. The minimum absolute atomic E-state index is 0.302. The Morgan fingerprint density at radius 2 is 2.06 bits per heavy atom. The van der Waals surface area contributed by atoms with Crippen molar-refractivity contribution in [2.75, 3.05) is 38.8 Å². The molecular formula is C11H18F2N4O. The van der Waals surface area contributed by atoms with Crippen LogP contribution < -0.4 is 10.2 Å². The fourth-order valence-corrected chi connectivity index (χ4v) is 1.33. The number of alkyl halides is 2. The van der Waals surface area contributed by atoms with Crippen LogP contribution in [0.1, 0.15) is 5.56 Å². The Bertz CT molecular complexity index is 334. The molecule has 0 aliphatic carbocycles. The summed E-state index contributed by atoms with van der Waals surface area (Å²) >= 11 is 0.